The maximum absolute atomic E-state index is 14.8. The van der Waals surface area contributed by atoms with Crippen LogP contribution in [-0.4, -0.2) is 48.9 Å². The van der Waals surface area contributed by atoms with Gasteiger partial charge in [0.2, 0.25) is 0 Å². The topological polar surface area (TPSA) is 18.5 Å². The Balaban J connectivity index is 5.50. The van der Waals surface area contributed by atoms with Gasteiger partial charge in [-0.25, -0.2) is 0 Å². The average molecular weight is 476 g/mol. The molecule has 0 atom stereocenters. The van der Waals surface area contributed by atoms with Crippen LogP contribution in [-0.2, 0) is 9.47 Å². The van der Waals surface area contributed by atoms with Crippen LogP contribution >= 0.6 is 0 Å². The third-order valence-electron chi connectivity index (χ3n) is 5.55. The van der Waals surface area contributed by atoms with E-state index in [0.29, 0.717) is 26.9 Å². The standard InChI is InChI=1S/C20H33F9O2/c1-13(2)30-11-10-15(5,6)31-12-9-14(3,4)17(21,22)18(23,24)16(7,8)19(25,26)20(27,28)29/h13H,9-12H2,1-8H3. The summed E-state index contributed by atoms with van der Waals surface area (Å²) < 4.78 is 135. The molecule has 0 saturated heterocycles. The fourth-order valence-electron chi connectivity index (χ4n) is 2.72. The van der Waals surface area contributed by atoms with E-state index in [9.17, 15) is 39.5 Å². The van der Waals surface area contributed by atoms with Crippen molar-refractivity contribution in [2.45, 2.75) is 104 Å². The van der Waals surface area contributed by atoms with Crippen molar-refractivity contribution in [1.82, 2.24) is 0 Å². The number of alkyl halides is 9. The number of hydrogen-bond donors (Lipinski definition) is 0. The van der Waals surface area contributed by atoms with Crippen LogP contribution in [0.2, 0.25) is 0 Å². The van der Waals surface area contributed by atoms with Crippen molar-refractivity contribution in [3.05, 3.63) is 0 Å². The van der Waals surface area contributed by atoms with E-state index in [4.69, 9.17) is 9.47 Å². The predicted octanol–water partition coefficient (Wildman–Crippen LogP) is 7.51. The van der Waals surface area contributed by atoms with Crippen LogP contribution in [0.4, 0.5) is 39.5 Å². The maximum Gasteiger partial charge on any atom is 0.454 e. The zero-order valence-electron chi connectivity index (χ0n) is 19.1. The second-order valence-electron chi connectivity index (χ2n) is 9.76. The van der Waals surface area contributed by atoms with Crippen molar-refractivity contribution in [3.8, 4) is 0 Å². The lowest BCUT2D eigenvalue weighted by molar-refractivity contribution is -0.392. The Morgan fingerprint density at radius 1 is 0.613 bits per heavy atom. The van der Waals surface area contributed by atoms with Crippen molar-refractivity contribution in [3.63, 3.8) is 0 Å². The van der Waals surface area contributed by atoms with Gasteiger partial charge in [-0.2, -0.15) is 39.5 Å². The average Bonchev–Trinajstić information content (AvgIpc) is 2.51. The molecule has 0 aromatic carbocycles. The van der Waals surface area contributed by atoms with Crippen LogP contribution in [0.25, 0.3) is 0 Å². The number of halogens is 9. The van der Waals surface area contributed by atoms with Gasteiger partial charge in [-0.3, -0.25) is 0 Å². The van der Waals surface area contributed by atoms with Crippen molar-refractivity contribution in [2.24, 2.45) is 10.8 Å². The molecule has 0 aliphatic carbocycles. The monoisotopic (exact) mass is 476 g/mol. The number of hydrogen-bond acceptors (Lipinski definition) is 2. The SMILES string of the molecule is CC(C)OCCC(C)(C)OCCC(C)(C)C(F)(F)C(F)(F)C(C)(C)C(F)(F)C(F)(F)F. The third kappa shape index (κ3) is 6.21. The Morgan fingerprint density at radius 3 is 1.45 bits per heavy atom. The van der Waals surface area contributed by atoms with Crippen LogP contribution in [0.1, 0.15) is 68.2 Å². The van der Waals surface area contributed by atoms with Gasteiger partial charge in [0, 0.05) is 18.6 Å². The van der Waals surface area contributed by atoms with Gasteiger partial charge in [0.25, 0.3) is 0 Å². The minimum atomic E-state index is -6.43. The molecule has 2 nitrogen and oxygen atoms in total. The van der Waals surface area contributed by atoms with Crippen LogP contribution in [0.5, 0.6) is 0 Å². The zero-order valence-corrected chi connectivity index (χ0v) is 19.1. The van der Waals surface area contributed by atoms with Gasteiger partial charge in [-0.05, 0) is 54.4 Å². The molecule has 0 saturated carbocycles. The van der Waals surface area contributed by atoms with Gasteiger partial charge in [-0.1, -0.05) is 13.8 Å². The summed E-state index contributed by atoms with van der Waals surface area (Å²) in [6.45, 7) is 7.67. The molecular formula is C20H33F9O2. The molecule has 0 amide bonds. The van der Waals surface area contributed by atoms with E-state index in [1.54, 1.807) is 13.8 Å². The maximum atomic E-state index is 14.8. The summed E-state index contributed by atoms with van der Waals surface area (Å²) in [7, 11) is 0. The smallest absolute Gasteiger partial charge is 0.379 e. The van der Waals surface area contributed by atoms with E-state index in [2.05, 4.69) is 0 Å². The molecule has 0 aromatic rings. The summed E-state index contributed by atoms with van der Waals surface area (Å²) in [4.78, 5) is 0. The summed E-state index contributed by atoms with van der Waals surface area (Å²) in [6, 6.07) is 0. The molecule has 0 radical (unpaired) electrons. The lowest BCUT2D eigenvalue weighted by atomic mass is 9.68. The zero-order chi connectivity index (χ0) is 25.3. The Bertz CT molecular complexity index is 580. The van der Waals surface area contributed by atoms with Gasteiger partial charge in [0.1, 0.15) is 5.41 Å². The Labute approximate surface area is 177 Å². The Kier molecular flexibility index (Phi) is 9.06. The fraction of sp³-hybridized carbons (Fsp3) is 1.00. The largest absolute Gasteiger partial charge is 0.454 e. The minimum Gasteiger partial charge on any atom is -0.379 e. The highest BCUT2D eigenvalue weighted by atomic mass is 19.4. The van der Waals surface area contributed by atoms with Crippen molar-refractivity contribution in [2.75, 3.05) is 13.2 Å². The first kappa shape index (κ1) is 30.3. The van der Waals surface area contributed by atoms with Crippen molar-refractivity contribution >= 4 is 0 Å². The fourth-order valence-corrected chi connectivity index (χ4v) is 2.72. The quantitative estimate of drug-likeness (QED) is 0.272. The van der Waals surface area contributed by atoms with E-state index >= 15 is 0 Å². The predicted molar refractivity (Wildman–Crippen MR) is 98.8 cm³/mol. The molecule has 0 heterocycles. The molecule has 0 unspecified atom stereocenters. The molecule has 0 aliphatic rings. The van der Waals surface area contributed by atoms with E-state index < -0.39 is 53.4 Å². The first-order valence-corrected chi connectivity index (χ1v) is 9.83. The van der Waals surface area contributed by atoms with E-state index in [0.717, 1.165) is 0 Å². The highest BCUT2D eigenvalue weighted by Crippen LogP contribution is 2.62. The molecule has 0 fully saturated rings. The third-order valence-corrected chi connectivity index (χ3v) is 5.55. The number of ether oxygens (including phenoxy) is 2. The van der Waals surface area contributed by atoms with Crippen molar-refractivity contribution < 1.29 is 49.0 Å². The van der Waals surface area contributed by atoms with Crippen LogP contribution in [0.15, 0.2) is 0 Å². The van der Waals surface area contributed by atoms with Gasteiger partial charge in [0.15, 0.2) is 0 Å². The summed E-state index contributed by atoms with van der Waals surface area (Å²) in [5.74, 6) is -17.0. The first-order chi connectivity index (χ1) is 13.4. The van der Waals surface area contributed by atoms with Crippen LogP contribution in [0.3, 0.4) is 0 Å². The van der Waals surface area contributed by atoms with Gasteiger partial charge in [-0.15, -0.1) is 0 Å². The van der Waals surface area contributed by atoms with Gasteiger partial charge >= 0.3 is 23.9 Å². The second kappa shape index (κ2) is 9.27. The molecule has 0 spiro atoms. The molecule has 0 aliphatic heterocycles. The number of rotatable bonds is 12. The Morgan fingerprint density at radius 2 is 1.06 bits per heavy atom. The van der Waals surface area contributed by atoms with E-state index in [1.807, 2.05) is 13.8 Å². The molecule has 0 bridgehead atoms. The van der Waals surface area contributed by atoms with E-state index in [1.165, 1.54) is 0 Å². The molecule has 11 heteroatoms. The molecule has 0 N–H and O–H groups in total. The van der Waals surface area contributed by atoms with Gasteiger partial charge in [0.05, 0.1) is 11.7 Å². The second-order valence-corrected chi connectivity index (χ2v) is 9.76. The van der Waals surface area contributed by atoms with E-state index in [-0.39, 0.29) is 20.0 Å². The van der Waals surface area contributed by atoms with Crippen LogP contribution in [0, 0.1) is 10.8 Å². The first-order valence-electron chi connectivity index (χ1n) is 9.83. The Hall–Kier alpha value is -0.710. The molecular weight excluding hydrogens is 443 g/mol. The molecule has 0 aromatic heterocycles. The summed E-state index contributed by atoms with van der Waals surface area (Å²) in [6.07, 6.45) is -6.82. The minimum absolute atomic E-state index is 0.0474. The summed E-state index contributed by atoms with van der Waals surface area (Å²) in [5.41, 5.74) is -7.92. The van der Waals surface area contributed by atoms with Crippen LogP contribution < -0.4 is 0 Å². The molecule has 0 rings (SSSR count). The summed E-state index contributed by atoms with van der Waals surface area (Å²) in [5, 5.41) is 0. The normalized spacial score (nSPS) is 15.7. The highest BCUT2D eigenvalue weighted by Gasteiger charge is 2.81. The highest BCUT2D eigenvalue weighted by molar-refractivity contribution is 5.09. The lowest BCUT2D eigenvalue weighted by Gasteiger charge is -2.48. The summed E-state index contributed by atoms with van der Waals surface area (Å²) >= 11 is 0. The van der Waals surface area contributed by atoms with Crippen molar-refractivity contribution in [1.29, 1.82) is 0 Å². The molecule has 188 valence electrons. The van der Waals surface area contributed by atoms with Gasteiger partial charge < -0.3 is 9.47 Å². The molecule has 31 heavy (non-hydrogen) atoms. The lowest BCUT2D eigenvalue weighted by Crippen LogP contribution is -2.66.